The molecule has 1 aromatic heterocycles. The van der Waals surface area contributed by atoms with Gasteiger partial charge in [-0.25, -0.2) is 4.68 Å². The summed E-state index contributed by atoms with van der Waals surface area (Å²) in [6.07, 6.45) is -0.490. The highest BCUT2D eigenvalue weighted by Crippen LogP contribution is 2.36. The molecule has 2 aromatic rings. The molecular formula is C21H25F3N4O2. The molecule has 0 radical (unpaired) electrons. The molecule has 0 saturated carbocycles. The van der Waals surface area contributed by atoms with Crippen LogP contribution in [0, 0.1) is 11.3 Å². The highest BCUT2D eigenvalue weighted by Gasteiger charge is 2.37. The summed E-state index contributed by atoms with van der Waals surface area (Å²) in [7, 11) is 0. The van der Waals surface area contributed by atoms with E-state index in [1.54, 1.807) is 31.7 Å². The smallest absolute Gasteiger partial charge is 0.341 e. The van der Waals surface area contributed by atoms with Crippen molar-refractivity contribution < 1.29 is 22.8 Å². The van der Waals surface area contributed by atoms with Crippen molar-refractivity contribution in [3.05, 3.63) is 42.2 Å². The number of carbonyl (C=O) groups is 2. The zero-order valence-corrected chi connectivity index (χ0v) is 17.2. The normalized spacial score (nSPS) is 17.7. The number of halogens is 3. The zero-order valence-electron chi connectivity index (χ0n) is 17.2. The number of anilines is 1. The Bertz CT molecular complexity index is 917. The molecule has 1 N–H and O–H groups in total. The SMILES string of the molecule is CC(C)(C)C(=O)N1CCCC(C(=O)Nc2ccc(-n3cccn3)cc2C(F)(F)F)C1. The van der Waals surface area contributed by atoms with Crippen molar-refractivity contribution in [3.8, 4) is 5.69 Å². The Morgan fingerprint density at radius 1 is 1.20 bits per heavy atom. The van der Waals surface area contributed by atoms with Gasteiger partial charge in [-0.3, -0.25) is 9.59 Å². The molecule has 2 heterocycles. The average Bonchev–Trinajstić information content (AvgIpc) is 3.21. The van der Waals surface area contributed by atoms with E-state index in [1.165, 1.54) is 29.2 Å². The quantitative estimate of drug-likeness (QED) is 0.809. The van der Waals surface area contributed by atoms with E-state index in [1.807, 2.05) is 0 Å². The number of alkyl halides is 3. The van der Waals surface area contributed by atoms with Crippen molar-refractivity contribution in [2.45, 2.75) is 39.8 Å². The lowest BCUT2D eigenvalue weighted by Crippen LogP contribution is -2.47. The lowest BCUT2D eigenvalue weighted by molar-refractivity contribution is -0.142. The molecule has 3 rings (SSSR count). The van der Waals surface area contributed by atoms with Gasteiger partial charge < -0.3 is 10.2 Å². The minimum atomic E-state index is -4.65. The van der Waals surface area contributed by atoms with E-state index in [0.29, 0.717) is 19.4 Å². The van der Waals surface area contributed by atoms with Crippen LogP contribution in [0.25, 0.3) is 5.69 Å². The van der Waals surface area contributed by atoms with Crippen molar-refractivity contribution >= 4 is 17.5 Å². The van der Waals surface area contributed by atoms with Crippen LogP contribution in [0.1, 0.15) is 39.2 Å². The van der Waals surface area contributed by atoms with Crippen molar-refractivity contribution in [1.29, 1.82) is 0 Å². The average molecular weight is 422 g/mol. The van der Waals surface area contributed by atoms with Gasteiger partial charge in [-0.1, -0.05) is 20.8 Å². The van der Waals surface area contributed by atoms with Gasteiger partial charge in [0.2, 0.25) is 11.8 Å². The second kappa shape index (κ2) is 8.12. The maximum absolute atomic E-state index is 13.6. The summed E-state index contributed by atoms with van der Waals surface area (Å²) in [6.45, 7) is 6.16. The van der Waals surface area contributed by atoms with E-state index in [2.05, 4.69) is 10.4 Å². The lowest BCUT2D eigenvalue weighted by Gasteiger charge is -2.36. The van der Waals surface area contributed by atoms with E-state index in [-0.39, 0.29) is 23.8 Å². The number of nitrogens with zero attached hydrogens (tertiary/aromatic N) is 3. The van der Waals surface area contributed by atoms with Gasteiger partial charge in [0.1, 0.15) is 0 Å². The number of piperidine rings is 1. The number of rotatable bonds is 3. The predicted octanol–water partition coefficient (Wildman–Crippen LogP) is 4.11. The molecule has 0 bridgehead atoms. The first-order valence-corrected chi connectivity index (χ1v) is 9.78. The van der Waals surface area contributed by atoms with Crippen molar-refractivity contribution in [2.24, 2.45) is 11.3 Å². The summed E-state index contributed by atoms with van der Waals surface area (Å²) in [6, 6.07) is 5.27. The third kappa shape index (κ3) is 4.83. The Kier molecular flexibility index (Phi) is 5.92. The Labute approximate surface area is 173 Å². The monoisotopic (exact) mass is 422 g/mol. The summed E-state index contributed by atoms with van der Waals surface area (Å²) in [5.41, 5.74) is -1.58. The number of likely N-dealkylation sites (tertiary alicyclic amines) is 1. The van der Waals surface area contributed by atoms with Crippen LogP contribution in [0.2, 0.25) is 0 Å². The summed E-state index contributed by atoms with van der Waals surface area (Å²) in [5, 5.41) is 6.37. The fourth-order valence-electron chi connectivity index (χ4n) is 3.52. The minimum absolute atomic E-state index is 0.0699. The number of amides is 2. The fraction of sp³-hybridized carbons (Fsp3) is 0.476. The molecule has 1 aromatic carbocycles. The molecule has 0 spiro atoms. The first-order chi connectivity index (χ1) is 14.0. The van der Waals surface area contributed by atoms with Crippen LogP contribution in [0.5, 0.6) is 0 Å². The molecule has 1 saturated heterocycles. The van der Waals surface area contributed by atoms with Crippen molar-refractivity contribution in [3.63, 3.8) is 0 Å². The van der Waals surface area contributed by atoms with Crippen LogP contribution in [0.3, 0.4) is 0 Å². The van der Waals surface area contributed by atoms with Gasteiger partial charge >= 0.3 is 6.18 Å². The number of hydrogen-bond donors (Lipinski definition) is 1. The van der Waals surface area contributed by atoms with Gasteiger partial charge in [0.05, 0.1) is 22.9 Å². The fourth-order valence-corrected chi connectivity index (χ4v) is 3.52. The Morgan fingerprint density at radius 2 is 1.93 bits per heavy atom. The van der Waals surface area contributed by atoms with Crippen LogP contribution in [0.15, 0.2) is 36.7 Å². The summed E-state index contributed by atoms with van der Waals surface area (Å²) < 4.78 is 42.2. The lowest BCUT2D eigenvalue weighted by atomic mass is 9.91. The zero-order chi connectivity index (χ0) is 22.1. The van der Waals surface area contributed by atoms with Gasteiger partial charge in [-0.05, 0) is 37.1 Å². The molecule has 30 heavy (non-hydrogen) atoms. The third-order valence-electron chi connectivity index (χ3n) is 5.06. The third-order valence-corrected chi connectivity index (χ3v) is 5.06. The number of carbonyl (C=O) groups excluding carboxylic acids is 2. The molecule has 6 nitrogen and oxygen atoms in total. The minimum Gasteiger partial charge on any atom is -0.341 e. The number of benzene rings is 1. The first-order valence-electron chi connectivity index (χ1n) is 9.78. The van der Waals surface area contributed by atoms with E-state index in [9.17, 15) is 22.8 Å². The summed E-state index contributed by atoms with van der Waals surface area (Å²) >= 11 is 0. The van der Waals surface area contributed by atoms with Crippen molar-refractivity contribution in [1.82, 2.24) is 14.7 Å². The molecule has 1 atom stereocenters. The highest BCUT2D eigenvalue weighted by molar-refractivity contribution is 5.94. The molecular weight excluding hydrogens is 397 g/mol. The number of hydrogen-bond acceptors (Lipinski definition) is 3. The van der Waals surface area contributed by atoms with Gasteiger partial charge in [0, 0.05) is 30.9 Å². The highest BCUT2D eigenvalue weighted by atomic mass is 19.4. The van der Waals surface area contributed by atoms with Gasteiger partial charge in [-0.2, -0.15) is 18.3 Å². The van der Waals surface area contributed by atoms with Crippen molar-refractivity contribution in [2.75, 3.05) is 18.4 Å². The summed E-state index contributed by atoms with van der Waals surface area (Å²) in [5.74, 6) is -1.14. The van der Waals surface area contributed by atoms with Crippen LogP contribution in [-0.2, 0) is 15.8 Å². The topological polar surface area (TPSA) is 67.2 Å². The van der Waals surface area contributed by atoms with Crippen LogP contribution < -0.4 is 5.32 Å². The van der Waals surface area contributed by atoms with Crippen LogP contribution >= 0.6 is 0 Å². The molecule has 162 valence electrons. The molecule has 1 aliphatic heterocycles. The molecule has 0 aliphatic carbocycles. The van der Waals surface area contributed by atoms with Gasteiger partial charge in [0.15, 0.2) is 0 Å². The Morgan fingerprint density at radius 3 is 2.53 bits per heavy atom. The van der Waals surface area contributed by atoms with E-state index in [4.69, 9.17) is 0 Å². The molecule has 1 unspecified atom stereocenters. The molecule has 1 aliphatic rings. The number of nitrogens with one attached hydrogen (secondary N) is 1. The Balaban J connectivity index is 1.80. The maximum Gasteiger partial charge on any atom is 0.418 e. The van der Waals surface area contributed by atoms with Gasteiger partial charge in [-0.15, -0.1) is 0 Å². The second-order valence-electron chi connectivity index (χ2n) is 8.51. The predicted molar refractivity (Wildman–Crippen MR) is 106 cm³/mol. The largest absolute Gasteiger partial charge is 0.418 e. The molecule has 1 fully saturated rings. The van der Waals surface area contributed by atoms with E-state index in [0.717, 1.165) is 6.07 Å². The standard InChI is InChI=1S/C21H25F3N4O2/c1-20(2,3)19(30)27-10-4-6-14(13-27)18(29)26-17-8-7-15(28-11-5-9-25-28)12-16(17)21(22,23)24/h5,7-9,11-12,14H,4,6,10,13H2,1-3H3,(H,26,29). The molecule has 9 heteroatoms. The van der Waals surface area contributed by atoms with E-state index >= 15 is 0 Å². The molecule has 2 amide bonds. The van der Waals surface area contributed by atoms with Gasteiger partial charge in [0.25, 0.3) is 0 Å². The maximum atomic E-state index is 13.6. The Hall–Kier alpha value is -2.84. The number of aromatic nitrogens is 2. The van der Waals surface area contributed by atoms with Crippen LogP contribution in [0.4, 0.5) is 18.9 Å². The first kappa shape index (κ1) is 21.9. The van der Waals surface area contributed by atoms with Crippen LogP contribution in [-0.4, -0.2) is 39.6 Å². The second-order valence-corrected chi connectivity index (χ2v) is 8.51. The van der Waals surface area contributed by atoms with E-state index < -0.39 is 29.0 Å². The summed E-state index contributed by atoms with van der Waals surface area (Å²) in [4.78, 5) is 26.9.